The first-order valence-electron chi connectivity index (χ1n) is 6.51. The predicted molar refractivity (Wildman–Crippen MR) is 76.3 cm³/mol. The van der Waals surface area contributed by atoms with Crippen molar-refractivity contribution >= 4 is 23.5 Å². The molecular formula is C14H12N4O4. The van der Waals surface area contributed by atoms with E-state index >= 15 is 0 Å². The van der Waals surface area contributed by atoms with Crippen molar-refractivity contribution in [1.82, 2.24) is 15.5 Å². The number of aromatic amines is 1. The van der Waals surface area contributed by atoms with Gasteiger partial charge in [0, 0.05) is 5.56 Å². The van der Waals surface area contributed by atoms with E-state index in [0.717, 1.165) is 0 Å². The molecule has 112 valence electrons. The quantitative estimate of drug-likeness (QED) is 0.751. The second-order valence-electron chi connectivity index (χ2n) is 4.75. The van der Waals surface area contributed by atoms with E-state index in [1.165, 1.54) is 11.0 Å². The number of hydrogen-bond donors (Lipinski definition) is 3. The van der Waals surface area contributed by atoms with Crippen molar-refractivity contribution in [1.29, 1.82) is 0 Å². The van der Waals surface area contributed by atoms with Gasteiger partial charge in [0.05, 0.1) is 17.9 Å². The second kappa shape index (κ2) is 5.32. The molecule has 1 aliphatic heterocycles. The zero-order chi connectivity index (χ0) is 15.7. The molecular weight excluding hydrogens is 288 g/mol. The molecule has 3 N–H and O–H groups in total. The molecule has 0 radical (unpaired) electrons. The van der Waals surface area contributed by atoms with Gasteiger partial charge in [0.25, 0.3) is 0 Å². The van der Waals surface area contributed by atoms with Crippen molar-refractivity contribution in [3.8, 4) is 11.3 Å². The standard InChI is InChI=1S/C14H12N4O4/c19-12-7-18(13(20)6-15-12)11-4-2-1-3-8(11)9-5-10(14(21)22)17-16-9/h1-5H,6-7H2,(H,15,19)(H,16,17)(H,21,22). The molecule has 0 atom stereocenters. The highest BCUT2D eigenvalue weighted by Crippen LogP contribution is 2.30. The number of nitrogens with one attached hydrogen (secondary N) is 2. The minimum Gasteiger partial charge on any atom is -0.477 e. The summed E-state index contributed by atoms with van der Waals surface area (Å²) in [5.41, 5.74) is 1.44. The fourth-order valence-corrected chi connectivity index (χ4v) is 2.27. The van der Waals surface area contributed by atoms with Crippen LogP contribution >= 0.6 is 0 Å². The summed E-state index contributed by atoms with van der Waals surface area (Å²) >= 11 is 0. The Bertz CT molecular complexity index is 768. The van der Waals surface area contributed by atoms with E-state index in [1.54, 1.807) is 24.3 Å². The van der Waals surface area contributed by atoms with Gasteiger partial charge in [-0.3, -0.25) is 14.7 Å². The number of nitrogens with zero attached hydrogens (tertiary/aromatic N) is 2. The van der Waals surface area contributed by atoms with Crippen molar-refractivity contribution in [2.75, 3.05) is 18.0 Å². The lowest BCUT2D eigenvalue weighted by atomic mass is 10.1. The summed E-state index contributed by atoms with van der Waals surface area (Å²) in [5, 5.41) is 17.8. The van der Waals surface area contributed by atoms with E-state index in [0.29, 0.717) is 16.9 Å². The highest BCUT2D eigenvalue weighted by molar-refractivity contribution is 6.06. The summed E-state index contributed by atoms with van der Waals surface area (Å²) in [6, 6.07) is 8.29. The Hall–Kier alpha value is -3.16. The Morgan fingerprint density at radius 2 is 2.05 bits per heavy atom. The molecule has 0 spiro atoms. The molecule has 1 aliphatic rings. The minimum absolute atomic E-state index is 0.0486. The van der Waals surface area contributed by atoms with Crippen molar-refractivity contribution < 1.29 is 19.5 Å². The number of hydrogen-bond acceptors (Lipinski definition) is 4. The molecule has 1 aromatic heterocycles. The van der Waals surface area contributed by atoms with Gasteiger partial charge in [-0.25, -0.2) is 4.79 Å². The molecule has 0 unspecified atom stereocenters. The number of carboxylic acid groups (broad SMARTS) is 1. The molecule has 1 saturated heterocycles. The lowest BCUT2D eigenvalue weighted by Crippen LogP contribution is -2.51. The van der Waals surface area contributed by atoms with Crippen molar-refractivity contribution in [3.05, 3.63) is 36.0 Å². The van der Waals surface area contributed by atoms with Gasteiger partial charge in [0.2, 0.25) is 11.8 Å². The molecule has 2 heterocycles. The largest absolute Gasteiger partial charge is 0.477 e. The lowest BCUT2D eigenvalue weighted by molar-refractivity contribution is -0.128. The summed E-state index contributed by atoms with van der Waals surface area (Å²) in [4.78, 5) is 35.9. The Morgan fingerprint density at radius 1 is 1.27 bits per heavy atom. The van der Waals surface area contributed by atoms with E-state index in [2.05, 4.69) is 15.5 Å². The van der Waals surface area contributed by atoms with Crippen LogP contribution < -0.4 is 10.2 Å². The molecule has 1 aromatic carbocycles. The van der Waals surface area contributed by atoms with E-state index in [4.69, 9.17) is 5.11 Å². The molecule has 2 aromatic rings. The molecule has 0 bridgehead atoms. The molecule has 1 fully saturated rings. The number of aromatic carboxylic acids is 1. The highest BCUT2D eigenvalue weighted by atomic mass is 16.4. The molecule has 0 saturated carbocycles. The fraction of sp³-hybridized carbons (Fsp3) is 0.143. The number of carboxylic acids is 1. The van der Waals surface area contributed by atoms with E-state index in [9.17, 15) is 14.4 Å². The topological polar surface area (TPSA) is 115 Å². The van der Waals surface area contributed by atoms with Gasteiger partial charge in [-0.1, -0.05) is 18.2 Å². The van der Waals surface area contributed by atoms with Gasteiger partial charge in [-0.15, -0.1) is 0 Å². The third-order valence-electron chi connectivity index (χ3n) is 3.32. The van der Waals surface area contributed by atoms with Crippen LogP contribution in [0.5, 0.6) is 0 Å². The van der Waals surface area contributed by atoms with Crippen molar-refractivity contribution in [2.45, 2.75) is 0 Å². The van der Waals surface area contributed by atoms with Crippen LogP contribution in [0, 0.1) is 0 Å². The first kappa shape index (κ1) is 13.8. The maximum Gasteiger partial charge on any atom is 0.353 e. The third kappa shape index (κ3) is 2.41. The Labute approximate surface area is 124 Å². The number of H-pyrrole nitrogens is 1. The summed E-state index contributed by atoms with van der Waals surface area (Å²) in [6.07, 6.45) is 0. The van der Waals surface area contributed by atoms with E-state index in [-0.39, 0.29) is 30.6 Å². The van der Waals surface area contributed by atoms with E-state index < -0.39 is 5.97 Å². The van der Waals surface area contributed by atoms with Gasteiger partial charge in [0.1, 0.15) is 12.2 Å². The summed E-state index contributed by atoms with van der Waals surface area (Å²) in [7, 11) is 0. The number of carbonyl (C=O) groups excluding carboxylic acids is 2. The third-order valence-corrected chi connectivity index (χ3v) is 3.32. The van der Waals surface area contributed by atoms with Gasteiger partial charge >= 0.3 is 5.97 Å². The van der Waals surface area contributed by atoms with E-state index in [1.807, 2.05) is 0 Å². The summed E-state index contributed by atoms with van der Waals surface area (Å²) in [6.45, 7) is -0.139. The smallest absolute Gasteiger partial charge is 0.353 e. The van der Waals surface area contributed by atoms with Gasteiger partial charge in [-0.05, 0) is 12.1 Å². The number of rotatable bonds is 3. The SMILES string of the molecule is O=C1CN(c2ccccc2-c2cc(C(=O)O)[nH]n2)C(=O)CN1. The summed E-state index contributed by atoms with van der Waals surface area (Å²) < 4.78 is 0. The monoisotopic (exact) mass is 300 g/mol. The predicted octanol–water partition coefficient (Wildman–Crippen LogP) is 0.238. The first-order valence-corrected chi connectivity index (χ1v) is 6.51. The van der Waals surface area contributed by atoms with Crippen LogP contribution in [0.4, 0.5) is 5.69 Å². The van der Waals surface area contributed by atoms with Crippen LogP contribution in [0.2, 0.25) is 0 Å². The number of amides is 2. The number of carbonyl (C=O) groups is 3. The summed E-state index contributed by atoms with van der Waals surface area (Å²) in [5.74, 6) is -1.60. The molecule has 3 rings (SSSR count). The number of para-hydroxylation sites is 1. The lowest BCUT2D eigenvalue weighted by Gasteiger charge is -2.28. The van der Waals surface area contributed by atoms with Crippen LogP contribution in [0.15, 0.2) is 30.3 Å². The van der Waals surface area contributed by atoms with Crippen molar-refractivity contribution in [3.63, 3.8) is 0 Å². The maximum absolute atomic E-state index is 12.0. The normalized spacial score (nSPS) is 14.8. The number of benzene rings is 1. The van der Waals surface area contributed by atoms with Crippen LogP contribution in [-0.4, -0.2) is 46.2 Å². The zero-order valence-corrected chi connectivity index (χ0v) is 11.4. The first-order chi connectivity index (χ1) is 10.6. The average molecular weight is 300 g/mol. The van der Waals surface area contributed by atoms with Crippen LogP contribution in [0.25, 0.3) is 11.3 Å². The maximum atomic E-state index is 12.0. The average Bonchev–Trinajstić information content (AvgIpc) is 3.00. The molecule has 8 nitrogen and oxygen atoms in total. The zero-order valence-electron chi connectivity index (χ0n) is 11.4. The van der Waals surface area contributed by atoms with Gasteiger partial charge in [0.15, 0.2) is 0 Å². The molecule has 2 amide bonds. The Kier molecular flexibility index (Phi) is 3.34. The van der Waals surface area contributed by atoms with Crippen molar-refractivity contribution in [2.24, 2.45) is 0 Å². The second-order valence-corrected chi connectivity index (χ2v) is 4.75. The number of anilines is 1. The van der Waals surface area contributed by atoms with Gasteiger partial charge < -0.3 is 15.3 Å². The van der Waals surface area contributed by atoms with Crippen LogP contribution in [-0.2, 0) is 9.59 Å². The Balaban J connectivity index is 2.04. The van der Waals surface area contributed by atoms with Gasteiger partial charge in [-0.2, -0.15) is 5.10 Å². The highest BCUT2D eigenvalue weighted by Gasteiger charge is 2.26. The number of piperazine rings is 1. The van der Waals surface area contributed by atoms with Crippen LogP contribution in [0.1, 0.15) is 10.5 Å². The molecule has 8 heteroatoms. The fourth-order valence-electron chi connectivity index (χ4n) is 2.27. The number of aromatic nitrogens is 2. The Morgan fingerprint density at radius 3 is 2.77 bits per heavy atom. The molecule has 22 heavy (non-hydrogen) atoms. The van der Waals surface area contributed by atoms with Crippen LogP contribution in [0.3, 0.4) is 0 Å². The minimum atomic E-state index is -1.12. The molecule has 0 aliphatic carbocycles.